The Labute approximate surface area is 217 Å². The van der Waals surface area contributed by atoms with Crippen LogP contribution < -0.4 is 4.74 Å². The van der Waals surface area contributed by atoms with Gasteiger partial charge in [-0.15, -0.1) is 0 Å². The molecule has 0 aromatic heterocycles. The molecule has 0 atom stereocenters. The summed E-state index contributed by atoms with van der Waals surface area (Å²) in [4.78, 5) is 25.4. The summed E-state index contributed by atoms with van der Waals surface area (Å²) in [5.41, 5.74) is 6.68. The summed E-state index contributed by atoms with van der Waals surface area (Å²) in [7, 11) is 1.62. The zero-order valence-electron chi connectivity index (χ0n) is 22.7. The van der Waals surface area contributed by atoms with Gasteiger partial charge in [-0.1, -0.05) is 79.2 Å². The van der Waals surface area contributed by atoms with Crippen LogP contribution in [0.5, 0.6) is 5.75 Å². The number of ether oxygens (including phenoxy) is 1. The van der Waals surface area contributed by atoms with Gasteiger partial charge in [-0.2, -0.15) is 0 Å². The molecule has 1 fully saturated rings. The van der Waals surface area contributed by atoms with Crippen LogP contribution in [0.3, 0.4) is 0 Å². The molecule has 0 heterocycles. The quantitative estimate of drug-likeness (QED) is 0.223. The molecule has 3 nitrogen and oxygen atoms in total. The lowest BCUT2D eigenvalue weighted by Gasteiger charge is -2.32. The molecule has 36 heavy (non-hydrogen) atoms. The maximum Gasteiger partial charge on any atom is 0.167 e. The van der Waals surface area contributed by atoms with Gasteiger partial charge in [0.15, 0.2) is 11.6 Å². The second kappa shape index (κ2) is 12.2. The predicted molar refractivity (Wildman–Crippen MR) is 149 cm³/mol. The smallest absolute Gasteiger partial charge is 0.167 e. The summed E-state index contributed by atoms with van der Waals surface area (Å²) in [6.45, 7) is 11.0. The van der Waals surface area contributed by atoms with Gasteiger partial charge < -0.3 is 4.74 Å². The van der Waals surface area contributed by atoms with Gasteiger partial charge in [-0.3, -0.25) is 9.59 Å². The van der Waals surface area contributed by atoms with Crippen LogP contribution in [0.2, 0.25) is 0 Å². The normalized spacial score (nSPS) is 21.6. The number of benzene rings is 1. The first-order valence-electron chi connectivity index (χ1n) is 12.9. The number of Topliss-reactive ketones (excluding diaryl/α,β-unsaturated/α-hetero) is 2. The van der Waals surface area contributed by atoms with E-state index in [9.17, 15) is 9.59 Å². The molecule has 0 saturated heterocycles. The lowest BCUT2D eigenvalue weighted by Crippen LogP contribution is -2.24. The van der Waals surface area contributed by atoms with Crippen molar-refractivity contribution >= 4 is 11.6 Å². The van der Waals surface area contributed by atoms with Crippen molar-refractivity contribution in [3.05, 3.63) is 100 Å². The second-order valence-electron chi connectivity index (χ2n) is 10.8. The molecule has 0 bridgehead atoms. The first kappa shape index (κ1) is 27.4. The van der Waals surface area contributed by atoms with E-state index in [0.717, 1.165) is 16.9 Å². The standard InChI is InChI=1S/C33H40O3/c1-23(9-7-10-24(2)13-19-30-25(3)11-8-20-33(30,4)5)12-18-29-31(34)21-27(22-32(29)35)26-14-16-28(36-6)17-15-26/h7,9-10,12-19,27H,8,11,20-22H2,1-6H3/b9-7-,19-13-,23-12-,24-10-,29-18?. The number of rotatable bonds is 7. The Morgan fingerprint density at radius 2 is 1.61 bits per heavy atom. The molecule has 1 aromatic rings. The summed E-state index contributed by atoms with van der Waals surface area (Å²) in [6.07, 6.45) is 18.5. The van der Waals surface area contributed by atoms with Crippen LogP contribution in [-0.4, -0.2) is 18.7 Å². The molecular formula is C33H40O3. The minimum Gasteiger partial charge on any atom is -0.497 e. The minimum absolute atomic E-state index is 0.0714. The van der Waals surface area contributed by atoms with E-state index in [1.165, 1.54) is 36.0 Å². The highest BCUT2D eigenvalue weighted by Crippen LogP contribution is 2.40. The first-order chi connectivity index (χ1) is 17.1. The van der Waals surface area contributed by atoms with Crippen molar-refractivity contribution in [2.24, 2.45) is 5.41 Å². The van der Waals surface area contributed by atoms with Gasteiger partial charge in [0.05, 0.1) is 12.7 Å². The Morgan fingerprint density at radius 3 is 2.22 bits per heavy atom. The summed E-state index contributed by atoms with van der Waals surface area (Å²) >= 11 is 0. The summed E-state index contributed by atoms with van der Waals surface area (Å²) in [6, 6.07) is 7.61. The topological polar surface area (TPSA) is 43.4 Å². The fraction of sp³-hybridized carbons (Fsp3) is 0.394. The number of allylic oxidation sites excluding steroid dienone is 12. The highest BCUT2D eigenvalue weighted by atomic mass is 16.5. The molecule has 0 amide bonds. The largest absolute Gasteiger partial charge is 0.497 e. The summed E-state index contributed by atoms with van der Waals surface area (Å²) < 4.78 is 5.20. The number of ketones is 2. The molecule has 3 rings (SSSR count). The lowest BCUT2D eigenvalue weighted by atomic mass is 9.72. The van der Waals surface area contributed by atoms with Crippen molar-refractivity contribution in [3.8, 4) is 5.75 Å². The van der Waals surface area contributed by atoms with Crippen molar-refractivity contribution in [1.29, 1.82) is 0 Å². The highest BCUT2D eigenvalue weighted by molar-refractivity contribution is 6.22. The van der Waals surface area contributed by atoms with Gasteiger partial charge in [0.25, 0.3) is 0 Å². The molecule has 190 valence electrons. The third kappa shape index (κ3) is 7.16. The van der Waals surface area contributed by atoms with Gasteiger partial charge in [-0.05, 0) is 80.7 Å². The van der Waals surface area contributed by atoms with Crippen LogP contribution in [0.15, 0.2) is 94.7 Å². The van der Waals surface area contributed by atoms with Crippen molar-refractivity contribution in [2.45, 2.75) is 72.6 Å². The number of hydrogen-bond donors (Lipinski definition) is 0. The average Bonchev–Trinajstić information content (AvgIpc) is 2.82. The van der Waals surface area contributed by atoms with Gasteiger partial charge >= 0.3 is 0 Å². The average molecular weight is 485 g/mol. The Bertz CT molecular complexity index is 1140. The van der Waals surface area contributed by atoms with E-state index in [2.05, 4.69) is 45.9 Å². The van der Waals surface area contributed by atoms with Crippen LogP contribution in [0, 0.1) is 5.41 Å². The maximum atomic E-state index is 12.7. The number of methoxy groups -OCH3 is 1. The van der Waals surface area contributed by atoms with Gasteiger partial charge in [0, 0.05) is 12.8 Å². The van der Waals surface area contributed by atoms with E-state index >= 15 is 0 Å². The van der Waals surface area contributed by atoms with Crippen LogP contribution in [-0.2, 0) is 9.59 Å². The van der Waals surface area contributed by atoms with E-state index in [4.69, 9.17) is 4.74 Å². The molecule has 0 spiro atoms. The summed E-state index contributed by atoms with van der Waals surface area (Å²) in [5, 5.41) is 0. The molecular weight excluding hydrogens is 444 g/mol. The Morgan fingerprint density at radius 1 is 0.972 bits per heavy atom. The van der Waals surface area contributed by atoms with Crippen LogP contribution >= 0.6 is 0 Å². The fourth-order valence-corrected chi connectivity index (χ4v) is 5.10. The molecule has 0 unspecified atom stereocenters. The number of carbonyl (C=O) groups excluding carboxylic acids is 2. The Hall–Kier alpha value is -3.20. The molecule has 1 aromatic carbocycles. The molecule has 2 aliphatic rings. The third-order valence-electron chi connectivity index (χ3n) is 7.34. The van der Waals surface area contributed by atoms with Gasteiger partial charge in [-0.25, -0.2) is 0 Å². The maximum absolute atomic E-state index is 12.7. The van der Waals surface area contributed by atoms with E-state index in [1.807, 2.05) is 49.4 Å². The number of carbonyl (C=O) groups is 2. The Kier molecular flexibility index (Phi) is 9.25. The van der Waals surface area contributed by atoms with E-state index in [0.29, 0.717) is 18.4 Å². The van der Waals surface area contributed by atoms with E-state index < -0.39 is 0 Å². The molecule has 0 N–H and O–H groups in total. The van der Waals surface area contributed by atoms with Crippen molar-refractivity contribution in [2.75, 3.05) is 7.11 Å². The first-order valence-corrected chi connectivity index (χ1v) is 12.9. The predicted octanol–water partition coefficient (Wildman–Crippen LogP) is 8.17. The minimum atomic E-state index is -0.0868. The lowest BCUT2D eigenvalue weighted by molar-refractivity contribution is -0.124. The van der Waals surface area contributed by atoms with Crippen LogP contribution in [0.4, 0.5) is 0 Å². The zero-order chi connectivity index (χ0) is 26.3. The van der Waals surface area contributed by atoms with Crippen molar-refractivity contribution < 1.29 is 14.3 Å². The van der Waals surface area contributed by atoms with Crippen molar-refractivity contribution in [1.82, 2.24) is 0 Å². The third-order valence-corrected chi connectivity index (χ3v) is 7.34. The fourth-order valence-electron chi connectivity index (χ4n) is 5.10. The molecule has 3 heteroatoms. The number of hydrogen-bond acceptors (Lipinski definition) is 3. The van der Waals surface area contributed by atoms with Crippen molar-refractivity contribution in [3.63, 3.8) is 0 Å². The van der Waals surface area contributed by atoms with Crippen LogP contribution in [0.1, 0.15) is 78.2 Å². The Balaban J connectivity index is 1.62. The van der Waals surface area contributed by atoms with Gasteiger partial charge in [0.1, 0.15) is 5.75 Å². The van der Waals surface area contributed by atoms with Gasteiger partial charge in [0.2, 0.25) is 0 Å². The van der Waals surface area contributed by atoms with Crippen LogP contribution in [0.25, 0.3) is 0 Å². The molecule has 0 aliphatic heterocycles. The monoisotopic (exact) mass is 484 g/mol. The zero-order valence-corrected chi connectivity index (χ0v) is 22.7. The molecule has 1 saturated carbocycles. The van der Waals surface area contributed by atoms with E-state index in [1.54, 1.807) is 13.2 Å². The molecule has 2 aliphatic carbocycles. The molecule has 0 radical (unpaired) electrons. The summed E-state index contributed by atoms with van der Waals surface area (Å²) in [5.74, 6) is 0.522. The second-order valence-corrected chi connectivity index (χ2v) is 10.8. The van der Waals surface area contributed by atoms with E-state index in [-0.39, 0.29) is 22.9 Å². The highest BCUT2D eigenvalue weighted by Gasteiger charge is 2.31. The SMILES string of the molecule is COc1ccc(C2CC(=O)C(=C\C=C(C)/C=C\C=C(C)/C=C\C3=C(C)CCCC3(C)C)C(=O)C2)cc1.